The second-order valence-electron chi connectivity index (χ2n) is 5.83. The van der Waals surface area contributed by atoms with Crippen LogP contribution in [0.3, 0.4) is 0 Å². The number of esters is 1. The van der Waals surface area contributed by atoms with Gasteiger partial charge in [-0.15, -0.1) is 0 Å². The molecule has 0 atom stereocenters. The van der Waals surface area contributed by atoms with E-state index in [1.165, 1.54) is 11.1 Å². The van der Waals surface area contributed by atoms with E-state index >= 15 is 0 Å². The number of nitrogens with one attached hydrogen (secondary N) is 2. The first-order valence-electron chi connectivity index (χ1n) is 8.38. The molecule has 0 radical (unpaired) electrons. The molecule has 0 aliphatic heterocycles. The molecule has 7 nitrogen and oxygen atoms in total. The largest absolute Gasteiger partial charge is 0.456 e. The van der Waals surface area contributed by atoms with Crippen LogP contribution in [0.2, 0.25) is 0 Å². The number of ketones is 1. The van der Waals surface area contributed by atoms with Gasteiger partial charge >= 0.3 is 12.0 Å². The Morgan fingerprint density at radius 1 is 1.08 bits per heavy atom. The smallest absolute Gasteiger partial charge is 0.321 e. The molecule has 0 aromatic heterocycles. The lowest BCUT2D eigenvalue weighted by atomic mass is 10.0. The van der Waals surface area contributed by atoms with E-state index in [1.807, 2.05) is 17.4 Å². The highest BCUT2D eigenvalue weighted by molar-refractivity contribution is 5.98. The Bertz CT molecular complexity index is 684. The second-order valence-corrected chi connectivity index (χ2v) is 5.83. The van der Waals surface area contributed by atoms with Gasteiger partial charge in [0.1, 0.15) is 0 Å². The lowest BCUT2D eigenvalue weighted by molar-refractivity contribution is -0.148. The van der Waals surface area contributed by atoms with E-state index in [1.54, 1.807) is 13.0 Å². The molecule has 1 aliphatic rings. The normalized spacial score (nSPS) is 12.2. The van der Waals surface area contributed by atoms with E-state index in [2.05, 4.69) is 5.32 Å². The Morgan fingerprint density at radius 3 is 2.60 bits per heavy atom. The fourth-order valence-corrected chi connectivity index (χ4v) is 2.69. The minimum Gasteiger partial charge on any atom is -0.456 e. The van der Waals surface area contributed by atoms with Crippen molar-refractivity contribution in [2.75, 3.05) is 13.2 Å². The molecule has 2 N–H and O–H groups in total. The zero-order chi connectivity index (χ0) is 18.2. The minimum atomic E-state index is -0.718. The van der Waals surface area contributed by atoms with Crippen molar-refractivity contribution in [1.82, 2.24) is 10.6 Å². The van der Waals surface area contributed by atoms with Crippen LogP contribution in [0, 0.1) is 0 Å². The van der Waals surface area contributed by atoms with Gasteiger partial charge in [-0.2, -0.15) is 0 Å². The van der Waals surface area contributed by atoms with Crippen molar-refractivity contribution < 1.29 is 23.9 Å². The van der Waals surface area contributed by atoms with Crippen LogP contribution in [-0.2, 0) is 27.2 Å². The maximum Gasteiger partial charge on any atom is 0.321 e. The lowest BCUT2D eigenvalue weighted by Crippen LogP contribution is -2.41. The van der Waals surface area contributed by atoms with Crippen molar-refractivity contribution >= 4 is 23.7 Å². The van der Waals surface area contributed by atoms with E-state index in [0.717, 1.165) is 19.3 Å². The average molecular weight is 346 g/mol. The van der Waals surface area contributed by atoms with Gasteiger partial charge in [0.25, 0.3) is 5.91 Å². The van der Waals surface area contributed by atoms with Gasteiger partial charge in [-0.3, -0.25) is 19.7 Å². The van der Waals surface area contributed by atoms with Crippen LogP contribution in [0.5, 0.6) is 0 Å². The number of carbonyl (C=O) groups excluding carboxylic acids is 4. The topological polar surface area (TPSA) is 102 Å². The molecule has 0 saturated heterocycles. The zero-order valence-electron chi connectivity index (χ0n) is 14.2. The number of hydrogen-bond acceptors (Lipinski definition) is 5. The van der Waals surface area contributed by atoms with Crippen LogP contribution in [0.1, 0.15) is 47.7 Å². The molecular weight excluding hydrogens is 324 g/mol. The van der Waals surface area contributed by atoms with Crippen LogP contribution in [-0.4, -0.2) is 36.8 Å². The fraction of sp³-hybridized carbons (Fsp3) is 0.444. The molecule has 0 fully saturated rings. The Hall–Kier alpha value is -2.70. The fourth-order valence-electron chi connectivity index (χ4n) is 2.69. The number of carbonyl (C=O) groups is 4. The van der Waals surface area contributed by atoms with E-state index in [0.29, 0.717) is 12.1 Å². The van der Waals surface area contributed by atoms with Crippen LogP contribution < -0.4 is 10.6 Å². The van der Waals surface area contributed by atoms with Gasteiger partial charge in [0.2, 0.25) is 0 Å². The number of rotatable bonds is 7. The second kappa shape index (κ2) is 8.96. The van der Waals surface area contributed by atoms with Crippen molar-refractivity contribution in [2.45, 2.75) is 39.0 Å². The van der Waals surface area contributed by atoms with Crippen molar-refractivity contribution in [3.63, 3.8) is 0 Å². The minimum absolute atomic E-state index is 0.0234. The van der Waals surface area contributed by atoms with Crippen LogP contribution in [0.4, 0.5) is 4.79 Å². The summed E-state index contributed by atoms with van der Waals surface area (Å²) in [5, 5.41) is 4.40. The van der Waals surface area contributed by atoms with Gasteiger partial charge in [0, 0.05) is 18.5 Å². The summed E-state index contributed by atoms with van der Waals surface area (Å²) in [5.74, 6) is -1.50. The number of amides is 3. The predicted molar refractivity (Wildman–Crippen MR) is 90.2 cm³/mol. The summed E-state index contributed by atoms with van der Waals surface area (Å²) in [5.41, 5.74) is 3.09. The van der Waals surface area contributed by atoms with Gasteiger partial charge in [-0.1, -0.05) is 12.1 Å². The first-order chi connectivity index (χ1) is 12.0. The molecule has 0 unspecified atom stereocenters. The first kappa shape index (κ1) is 18.6. The SMILES string of the molecule is CCNC(=O)NC(=O)COC(=O)CCC(=O)c1ccc2c(c1)CCC2. The molecule has 1 aromatic rings. The monoisotopic (exact) mass is 346 g/mol. The summed E-state index contributed by atoms with van der Waals surface area (Å²) in [6, 6.07) is 5.02. The standard InChI is InChI=1S/C18H22N2O5/c1-2-19-18(24)20-16(22)11-25-17(23)9-8-15(21)14-7-6-12-4-3-5-13(12)10-14/h6-7,10H,2-5,8-9,11H2,1H3,(H2,19,20,22,24). The van der Waals surface area contributed by atoms with Crippen molar-refractivity contribution in [1.29, 1.82) is 0 Å². The zero-order valence-corrected chi connectivity index (χ0v) is 14.2. The molecule has 0 saturated carbocycles. The van der Waals surface area contributed by atoms with Crippen molar-refractivity contribution in [3.8, 4) is 0 Å². The molecule has 3 amide bonds. The third kappa shape index (κ3) is 5.70. The lowest BCUT2D eigenvalue weighted by Gasteiger charge is -2.07. The van der Waals surface area contributed by atoms with Crippen molar-refractivity contribution in [3.05, 3.63) is 34.9 Å². The van der Waals surface area contributed by atoms with Crippen LogP contribution >= 0.6 is 0 Å². The average Bonchev–Trinajstić information content (AvgIpc) is 3.05. The highest BCUT2D eigenvalue weighted by Crippen LogP contribution is 2.23. The third-order valence-electron chi connectivity index (χ3n) is 3.93. The number of aryl methyl sites for hydroxylation is 2. The summed E-state index contributed by atoms with van der Waals surface area (Å²) < 4.78 is 4.76. The van der Waals surface area contributed by atoms with E-state index in [9.17, 15) is 19.2 Å². The van der Waals surface area contributed by atoms with Gasteiger partial charge in [0.15, 0.2) is 12.4 Å². The van der Waals surface area contributed by atoms with Gasteiger partial charge in [-0.25, -0.2) is 4.79 Å². The number of Topliss-reactive ketones (excluding diaryl/α,β-unsaturated/α-hetero) is 1. The molecule has 0 heterocycles. The Labute approximate surface area is 146 Å². The highest BCUT2D eigenvalue weighted by Gasteiger charge is 2.16. The third-order valence-corrected chi connectivity index (χ3v) is 3.93. The number of hydrogen-bond donors (Lipinski definition) is 2. The number of urea groups is 1. The molecule has 0 spiro atoms. The van der Waals surface area contributed by atoms with E-state index in [4.69, 9.17) is 4.74 Å². The number of benzene rings is 1. The molecule has 134 valence electrons. The first-order valence-corrected chi connectivity index (χ1v) is 8.38. The van der Waals surface area contributed by atoms with E-state index < -0.39 is 24.5 Å². The molecule has 7 heteroatoms. The van der Waals surface area contributed by atoms with Crippen molar-refractivity contribution in [2.24, 2.45) is 0 Å². The van der Waals surface area contributed by atoms with Gasteiger partial charge in [-0.05, 0) is 43.4 Å². The molecule has 25 heavy (non-hydrogen) atoms. The Balaban J connectivity index is 1.71. The summed E-state index contributed by atoms with van der Waals surface area (Å²) in [7, 11) is 0. The molecule has 2 rings (SSSR count). The number of imide groups is 1. The molecule has 0 bridgehead atoms. The maximum absolute atomic E-state index is 12.2. The summed E-state index contributed by atoms with van der Waals surface area (Å²) in [4.78, 5) is 46.3. The number of ether oxygens (including phenoxy) is 1. The summed E-state index contributed by atoms with van der Waals surface area (Å²) >= 11 is 0. The maximum atomic E-state index is 12.2. The van der Waals surface area contributed by atoms with E-state index in [-0.39, 0.29) is 18.6 Å². The highest BCUT2D eigenvalue weighted by atomic mass is 16.5. The van der Waals surface area contributed by atoms with Gasteiger partial charge < -0.3 is 10.1 Å². The Morgan fingerprint density at radius 2 is 1.84 bits per heavy atom. The van der Waals surface area contributed by atoms with Crippen LogP contribution in [0.25, 0.3) is 0 Å². The number of fused-ring (bicyclic) bond motifs is 1. The predicted octanol–water partition coefficient (Wildman–Crippen LogP) is 1.53. The molecule has 1 aromatic carbocycles. The summed E-state index contributed by atoms with van der Waals surface area (Å²) in [6.07, 6.45) is 3.06. The Kier molecular flexibility index (Phi) is 6.68. The molecular formula is C18H22N2O5. The van der Waals surface area contributed by atoms with Crippen LogP contribution in [0.15, 0.2) is 18.2 Å². The molecule has 1 aliphatic carbocycles. The van der Waals surface area contributed by atoms with Gasteiger partial charge in [0.05, 0.1) is 6.42 Å². The quantitative estimate of drug-likeness (QED) is 0.576. The summed E-state index contributed by atoms with van der Waals surface area (Å²) in [6.45, 7) is 1.54.